The maximum absolute atomic E-state index is 5.59. The molecule has 0 aliphatic carbocycles. The lowest BCUT2D eigenvalue weighted by atomic mass is 10.3. The second kappa shape index (κ2) is 6.02. The van der Waals surface area contributed by atoms with Crippen LogP contribution in [0, 0.1) is 0 Å². The lowest BCUT2D eigenvalue weighted by molar-refractivity contribution is 0.263. The van der Waals surface area contributed by atoms with Gasteiger partial charge in [-0.2, -0.15) is 0 Å². The summed E-state index contributed by atoms with van der Waals surface area (Å²) < 4.78 is 21.6. The van der Waals surface area contributed by atoms with E-state index in [1.54, 1.807) is 12.5 Å². The minimum atomic E-state index is 0.416. The molecule has 4 heteroatoms. The molecule has 3 aromatic rings. The Morgan fingerprint density at radius 3 is 1.45 bits per heavy atom. The van der Waals surface area contributed by atoms with Gasteiger partial charge in [0.1, 0.15) is 36.2 Å². The molecule has 0 fully saturated rings. The van der Waals surface area contributed by atoms with Crippen LogP contribution in [-0.4, -0.2) is 0 Å². The van der Waals surface area contributed by atoms with E-state index in [9.17, 15) is 0 Å². The zero-order valence-corrected chi connectivity index (χ0v) is 10.8. The summed E-state index contributed by atoms with van der Waals surface area (Å²) in [6.45, 7) is 0.833. The van der Waals surface area contributed by atoms with Crippen LogP contribution in [0.2, 0.25) is 0 Å². The van der Waals surface area contributed by atoms with Crippen LogP contribution in [0.4, 0.5) is 0 Å². The molecule has 0 saturated carbocycles. The molecule has 0 unspecified atom stereocenters. The summed E-state index contributed by atoms with van der Waals surface area (Å²) in [6.07, 6.45) is 3.26. The van der Waals surface area contributed by atoms with Crippen molar-refractivity contribution in [2.45, 2.75) is 13.2 Å². The van der Waals surface area contributed by atoms with E-state index in [0.29, 0.717) is 13.2 Å². The molecule has 0 saturated heterocycles. The molecule has 0 N–H and O–H groups in total. The first-order chi connectivity index (χ1) is 9.90. The zero-order chi connectivity index (χ0) is 13.6. The van der Waals surface area contributed by atoms with Crippen molar-refractivity contribution in [1.29, 1.82) is 0 Å². The van der Waals surface area contributed by atoms with Gasteiger partial charge in [-0.15, -0.1) is 0 Å². The molecule has 3 rings (SSSR count). The van der Waals surface area contributed by atoms with E-state index in [-0.39, 0.29) is 0 Å². The molecular formula is C16H14O4. The third kappa shape index (κ3) is 3.23. The summed E-state index contributed by atoms with van der Waals surface area (Å²) in [5, 5.41) is 0. The molecule has 0 bridgehead atoms. The molecule has 0 spiro atoms. The summed E-state index contributed by atoms with van der Waals surface area (Å²) in [4.78, 5) is 0. The van der Waals surface area contributed by atoms with Crippen LogP contribution >= 0.6 is 0 Å². The van der Waals surface area contributed by atoms with E-state index >= 15 is 0 Å². The highest BCUT2D eigenvalue weighted by molar-refractivity contribution is 5.31. The molecular weight excluding hydrogens is 256 g/mol. The second-order valence-corrected chi connectivity index (χ2v) is 4.21. The average Bonchev–Trinajstić information content (AvgIpc) is 3.17. The maximum Gasteiger partial charge on any atom is 0.146 e. The predicted octanol–water partition coefficient (Wildman–Crippen LogP) is 4.03. The van der Waals surface area contributed by atoms with Crippen molar-refractivity contribution in [2.24, 2.45) is 0 Å². The predicted molar refractivity (Wildman–Crippen MR) is 72.5 cm³/mol. The summed E-state index contributed by atoms with van der Waals surface area (Å²) >= 11 is 0. The van der Waals surface area contributed by atoms with Crippen LogP contribution in [0.25, 0.3) is 0 Å². The van der Waals surface area contributed by atoms with Crippen LogP contribution in [0.1, 0.15) is 11.5 Å². The molecule has 0 aliphatic rings. The van der Waals surface area contributed by atoms with Crippen LogP contribution in [0.15, 0.2) is 69.9 Å². The minimum Gasteiger partial charge on any atom is -0.486 e. The Kier molecular flexibility index (Phi) is 3.73. The first-order valence-electron chi connectivity index (χ1n) is 6.30. The lowest BCUT2D eigenvalue weighted by Crippen LogP contribution is -1.95. The molecule has 20 heavy (non-hydrogen) atoms. The van der Waals surface area contributed by atoms with Gasteiger partial charge in [-0.05, 0) is 48.5 Å². The Morgan fingerprint density at radius 2 is 1.10 bits per heavy atom. The van der Waals surface area contributed by atoms with Gasteiger partial charge in [-0.25, -0.2) is 0 Å². The van der Waals surface area contributed by atoms with Gasteiger partial charge in [0.2, 0.25) is 0 Å². The molecule has 0 atom stereocenters. The summed E-state index contributed by atoms with van der Waals surface area (Å²) in [7, 11) is 0. The van der Waals surface area contributed by atoms with Crippen LogP contribution in [0.5, 0.6) is 11.5 Å². The summed E-state index contributed by atoms with van der Waals surface area (Å²) in [6, 6.07) is 14.9. The Bertz CT molecular complexity index is 552. The number of hydrogen-bond acceptors (Lipinski definition) is 4. The molecule has 102 valence electrons. The van der Waals surface area contributed by atoms with Crippen molar-refractivity contribution >= 4 is 0 Å². The number of rotatable bonds is 6. The Morgan fingerprint density at radius 1 is 0.650 bits per heavy atom. The van der Waals surface area contributed by atoms with E-state index < -0.39 is 0 Å². The van der Waals surface area contributed by atoms with Gasteiger partial charge in [0.25, 0.3) is 0 Å². The fraction of sp³-hybridized carbons (Fsp3) is 0.125. The highest BCUT2D eigenvalue weighted by atomic mass is 16.5. The van der Waals surface area contributed by atoms with Crippen LogP contribution < -0.4 is 9.47 Å². The molecule has 1 aromatic carbocycles. The first-order valence-corrected chi connectivity index (χ1v) is 6.30. The number of hydrogen-bond donors (Lipinski definition) is 0. The largest absolute Gasteiger partial charge is 0.486 e. The normalized spacial score (nSPS) is 10.4. The average molecular weight is 270 g/mol. The molecule has 0 aliphatic heterocycles. The Hall–Kier alpha value is -2.62. The van der Waals surface area contributed by atoms with E-state index in [1.165, 1.54) is 0 Å². The molecule has 4 nitrogen and oxygen atoms in total. The van der Waals surface area contributed by atoms with Crippen molar-refractivity contribution in [2.75, 3.05) is 0 Å². The molecule has 0 radical (unpaired) electrons. The zero-order valence-electron chi connectivity index (χ0n) is 10.8. The standard InChI is InChI=1S/C16H14O4/c1-3-15(17-9-1)11-19-13-5-7-14(8-6-13)20-12-16-4-2-10-18-16/h1-10H,11-12H2. The van der Waals surface area contributed by atoms with Crippen molar-refractivity contribution < 1.29 is 18.3 Å². The fourth-order valence-electron chi connectivity index (χ4n) is 1.73. The van der Waals surface area contributed by atoms with Crippen molar-refractivity contribution in [3.63, 3.8) is 0 Å². The van der Waals surface area contributed by atoms with Gasteiger partial charge >= 0.3 is 0 Å². The van der Waals surface area contributed by atoms with E-state index in [1.807, 2.05) is 48.5 Å². The Labute approximate surface area is 116 Å². The number of benzene rings is 1. The van der Waals surface area contributed by atoms with Gasteiger partial charge in [0.05, 0.1) is 12.5 Å². The molecule has 2 aromatic heterocycles. The SMILES string of the molecule is c1coc(COc2ccc(OCc3ccco3)cc2)c1. The second-order valence-electron chi connectivity index (χ2n) is 4.21. The van der Waals surface area contributed by atoms with Crippen molar-refractivity contribution in [1.82, 2.24) is 0 Å². The van der Waals surface area contributed by atoms with Crippen LogP contribution in [0.3, 0.4) is 0 Å². The fourth-order valence-corrected chi connectivity index (χ4v) is 1.73. The van der Waals surface area contributed by atoms with Crippen molar-refractivity contribution in [3.05, 3.63) is 72.6 Å². The topological polar surface area (TPSA) is 44.7 Å². The molecule has 2 heterocycles. The van der Waals surface area contributed by atoms with Crippen LogP contribution in [-0.2, 0) is 13.2 Å². The van der Waals surface area contributed by atoms with E-state index in [4.69, 9.17) is 18.3 Å². The summed E-state index contributed by atoms with van der Waals surface area (Å²) in [5.74, 6) is 3.13. The number of furan rings is 2. The van der Waals surface area contributed by atoms with Gasteiger partial charge in [0.15, 0.2) is 0 Å². The molecule has 0 amide bonds. The van der Waals surface area contributed by atoms with E-state index in [2.05, 4.69) is 0 Å². The van der Waals surface area contributed by atoms with Crippen molar-refractivity contribution in [3.8, 4) is 11.5 Å². The van der Waals surface area contributed by atoms with Gasteiger partial charge < -0.3 is 18.3 Å². The quantitative estimate of drug-likeness (QED) is 0.678. The smallest absolute Gasteiger partial charge is 0.146 e. The minimum absolute atomic E-state index is 0.416. The highest BCUT2D eigenvalue weighted by Gasteiger charge is 2.01. The van der Waals surface area contributed by atoms with Gasteiger partial charge in [-0.3, -0.25) is 0 Å². The third-order valence-electron chi connectivity index (χ3n) is 2.75. The van der Waals surface area contributed by atoms with E-state index in [0.717, 1.165) is 23.0 Å². The van der Waals surface area contributed by atoms with Gasteiger partial charge in [0, 0.05) is 0 Å². The highest BCUT2D eigenvalue weighted by Crippen LogP contribution is 2.19. The monoisotopic (exact) mass is 270 g/mol. The lowest BCUT2D eigenvalue weighted by Gasteiger charge is -2.07. The first kappa shape index (κ1) is 12.4. The number of ether oxygens (including phenoxy) is 2. The van der Waals surface area contributed by atoms with Gasteiger partial charge in [-0.1, -0.05) is 0 Å². The summed E-state index contributed by atoms with van der Waals surface area (Å²) in [5.41, 5.74) is 0. The Balaban J connectivity index is 1.51. The third-order valence-corrected chi connectivity index (χ3v) is 2.75. The maximum atomic E-state index is 5.59.